The number of hydrogen-bond donors (Lipinski definition) is 2. The minimum atomic E-state index is -2.92. The van der Waals surface area contributed by atoms with E-state index in [-0.39, 0.29) is 23.1 Å². The number of hydrogen-bond acceptors (Lipinski definition) is 11. The molecule has 6 heterocycles. The second kappa shape index (κ2) is 11.3. The standard InChI is InChI=1S/C29H41N7O4S2/c1-29(2)15-23-24(18-40-29)41-27-25(23)26(31-19-3-5-21(6-4-19)35-9-11-39-12-10-35)33-28(34-27)32-20-16-30-36(17-20)22-7-13-42(37,38)14-8-22/h16-17,19,21-22H,3-15,18H2,1-2H3,(H2,31,32,33,34)/t19-,21-. The van der Waals surface area contributed by atoms with Crippen molar-refractivity contribution >= 4 is 48.8 Å². The van der Waals surface area contributed by atoms with Crippen LogP contribution in [-0.2, 0) is 32.3 Å². The van der Waals surface area contributed by atoms with Crippen LogP contribution in [0, 0.1) is 0 Å². The van der Waals surface area contributed by atoms with Gasteiger partial charge in [-0.25, -0.2) is 13.4 Å². The fraction of sp³-hybridized carbons (Fsp3) is 0.690. The van der Waals surface area contributed by atoms with Crippen molar-refractivity contribution in [2.45, 2.75) is 89.1 Å². The minimum absolute atomic E-state index is 0.0877. The molecule has 42 heavy (non-hydrogen) atoms. The summed E-state index contributed by atoms with van der Waals surface area (Å²) in [6, 6.07) is 1.09. The molecule has 4 aliphatic rings. The number of morpholine rings is 1. The summed E-state index contributed by atoms with van der Waals surface area (Å²) in [5.74, 6) is 1.87. The monoisotopic (exact) mass is 615 g/mol. The molecule has 0 spiro atoms. The zero-order valence-electron chi connectivity index (χ0n) is 24.5. The summed E-state index contributed by atoms with van der Waals surface area (Å²) in [6.07, 6.45) is 10.3. The maximum atomic E-state index is 11.9. The molecular formula is C29H41N7O4S2. The molecule has 0 aromatic carbocycles. The molecular weight excluding hydrogens is 574 g/mol. The molecule has 1 saturated carbocycles. The third-order valence-electron chi connectivity index (χ3n) is 9.29. The van der Waals surface area contributed by atoms with Crippen molar-refractivity contribution in [3.63, 3.8) is 0 Å². The van der Waals surface area contributed by atoms with Crippen LogP contribution >= 0.6 is 11.3 Å². The van der Waals surface area contributed by atoms with Gasteiger partial charge in [0, 0.05) is 42.7 Å². The Morgan fingerprint density at radius 2 is 1.79 bits per heavy atom. The zero-order valence-corrected chi connectivity index (χ0v) is 26.1. The highest BCUT2D eigenvalue weighted by molar-refractivity contribution is 7.91. The fourth-order valence-corrected chi connectivity index (χ4v) is 9.47. The molecule has 0 bridgehead atoms. The van der Waals surface area contributed by atoms with Crippen LogP contribution in [0.15, 0.2) is 12.4 Å². The number of nitrogens with zero attached hydrogens (tertiary/aromatic N) is 5. The Morgan fingerprint density at radius 3 is 2.55 bits per heavy atom. The normalized spacial score (nSPS) is 26.6. The van der Waals surface area contributed by atoms with E-state index in [0.717, 1.165) is 67.3 Å². The van der Waals surface area contributed by atoms with E-state index in [4.69, 9.17) is 19.4 Å². The Hall–Kier alpha value is -2.32. The molecule has 0 atom stereocenters. The average molecular weight is 616 g/mol. The van der Waals surface area contributed by atoms with Gasteiger partial charge in [0.2, 0.25) is 5.95 Å². The summed E-state index contributed by atoms with van der Waals surface area (Å²) in [5.41, 5.74) is 1.88. The Balaban J connectivity index is 1.13. The second-order valence-corrected chi connectivity index (χ2v) is 16.2. The van der Waals surface area contributed by atoms with E-state index in [9.17, 15) is 8.42 Å². The Kier molecular flexibility index (Phi) is 7.66. The Bertz CT molecular complexity index is 1520. The molecule has 3 aromatic rings. The maximum Gasteiger partial charge on any atom is 0.230 e. The lowest BCUT2D eigenvalue weighted by Gasteiger charge is -2.39. The number of ether oxygens (including phenoxy) is 2. The zero-order chi connectivity index (χ0) is 28.9. The van der Waals surface area contributed by atoms with Crippen molar-refractivity contribution in [2.75, 3.05) is 48.4 Å². The molecule has 3 aliphatic heterocycles. The van der Waals surface area contributed by atoms with E-state index in [0.29, 0.717) is 37.5 Å². The molecule has 11 nitrogen and oxygen atoms in total. The lowest BCUT2D eigenvalue weighted by Crippen LogP contribution is -2.46. The van der Waals surface area contributed by atoms with E-state index in [1.807, 2.05) is 10.9 Å². The fourth-order valence-electron chi connectivity index (χ4n) is 6.90. The first-order valence-corrected chi connectivity index (χ1v) is 17.9. The number of thiophene rings is 1. The topological polar surface area (TPSA) is 124 Å². The van der Waals surface area contributed by atoms with Crippen LogP contribution in [0.1, 0.15) is 68.9 Å². The van der Waals surface area contributed by atoms with Gasteiger partial charge in [-0.15, -0.1) is 11.3 Å². The van der Waals surface area contributed by atoms with Gasteiger partial charge >= 0.3 is 0 Å². The van der Waals surface area contributed by atoms with E-state index in [1.54, 1.807) is 17.5 Å². The van der Waals surface area contributed by atoms with Gasteiger partial charge in [-0.3, -0.25) is 9.58 Å². The van der Waals surface area contributed by atoms with Crippen LogP contribution in [0.2, 0.25) is 0 Å². The first kappa shape index (κ1) is 28.5. The van der Waals surface area contributed by atoms with Crippen LogP contribution in [-0.4, -0.2) is 88.6 Å². The highest BCUT2D eigenvalue weighted by atomic mass is 32.2. The molecule has 0 amide bonds. The van der Waals surface area contributed by atoms with Crippen molar-refractivity contribution in [1.29, 1.82) is 0 Å². The lowest BCUT2D eigenvalue weighted by molar-refractivity contribution is -0.0379. The SMILES string of the molecule is CC1(C)Cc2c(sc3nc(Nc4cnn(C5CCS(=O)(=O)CC5)c4)nc(N[C@H]4CC[C@H](N5CCOCC5)CC4)c23)CO1. The minimum Gasteiger partial charge on any atom is -0.379 e. The third kappa shape index (κ3) is 6.03. The lowest BCUT2D eigenvalue weighted by atomic mass is 9.89. The highest BCUT2D eigenvalue weighted by Crippen LogP contribution is 2.42. The van der Waals surface area contributed by atoms with Crippen molar-refractivity contribution in [3.05, 3.63) is 22.8 Å². The number of rotatable bonds is 6. The molecule has 3 aromatic heterocycles. The molecule has 1 aliphatic carbocycles. The van der Waals surface area contributed by atoms with Crippen LogP contribution < -0.4 is 10.6 Å². The predicted octanol–water partition coefficient (Wildman–Crippen LogP) is 4.29. The van der Waals surface area contributed by atoms with Crippen molar-refractivity contribution in [3.8, 4) is 0 Å². The highest BCUT2D eigenvalue weighted by Gasteiger charge is 2.33. The molecule has 228 valence electrons. The van der Waals surface area contributed by atoms with Gasteiger partial charge in [-0.1, -0.05) is 0 Å². The summed E-state index contributed by atoms with van der Waals surface area (Å²) in [4.78, 5) is 14.8. The third-order valence-corrected chi connectivity index (χ3v) is 12.1. The van der Waals surface area contributed by atoms with Gasteiger partial charge in [0.1, 0.15) is 20.5 Å². The van der Waals surface area contributed by atoms with E-state index < -0.39 is 9.84 Å². The number of nitrogens with one attached hydrogen (secondary N) is 2. The predicted molar refractivity (Wildman–Crippen MR) is 164 cm³/mol. The molecule has 13 heteroatoms. The van der Waals surface area contributed by atoms with Crippen LogP contribution in [0.25, 0.3) is 10.2 Å². The summed E-state index contributed by atoms with van der Waals surface area (Å²) >= 11 is 1.70. The van der Waals surface area contributed by atoms with Gasteiger partial charge in [-0.2, -0.15) is 10.1 Å². The number of sulfone groups is 1. The van der Waals surface area contributed by atoms with E-state index in [2.05, 4.69) is 34.5 Å². The first-order valence-electron chi connectivity index (χ1n) is 15.3. The summed E-state index contributed by atoms with van der Waals surface area (Å²) < 4.78 is 37.3. The summed E-state index contributed by atoms with van der Waals surface area (Å²) in [6.45, 7) is 8.67. The molecule has 2 N–H and O–H groups in total. The van der Waals surface area contributed by atoms with Crippen molar-refractivity contribution in [2.24, 2.45) is 0 Å². The molecule has 2 saturated heterocycles. The number of aromatic nitrogens is 4. The van der Waals surface area contributed by atoms with Gasteiger partial charge in [0.15, 0.2) is 0 Å². The number of fused-ring (bicyclic) bond motifs is 3. The molecule has 0 radical (unpaired) electrons. The molecule has 0 unspecified atom stereocenters. The first-order chi connectivity index (χ1) is 20.2. The van der Waals surface area contributed by atoms with E-state index in [1.165, 1.54) is 23.3 Å². The van der Waals surface area contributed by atoms with Gasteiger partial charge in [0.05, 0.1) is 60.2 Å². The average Bonchev–Trinajstić information content (AvgIpc) is 3.58. The van der Waals surface area contributed by atoms with Gasteiger partial charge < -0.3 is 20.1 Å². The van der Waals surface area contributed by atoms with Gasteiger partial charge in [-0.05, 0) is 57.9 Å². The second-order valence-electron chi connectivity index (χ2n) is 12.8. The molecule has 7 rings (SSSR count). The van der Waals surface area contributed by atoms with E-state index >= 15 is 0 Å². The summed E-state index contributed by atoms with van der Waals surface area (Å²) in [7, 11) is -2.92. The van der Waals surface area contributed by atoms with Crippen molar-refractivity contribution < 1.29 is 17.9 Å². The smallest absolute Gasteiger partial charge is 0.230 e. The van der Waals surface area contributed by atoms with Crippen LogP contribution in [0.5, 0.6) is 0 Å². The Morgan fingerprint density at radius 1 is 1.02 bits per heavy atom. The summed E-state index contributed by atoms with van der Waals surface area (Å²) in [5, 5.41) is 12.9. The maximum absolute atomic E-state index is 11.9. The van der Waals surface area contributed by atoms with Crippen LogP contribution in [0.3, 0.4) is 0 Å². The van der Waals surface area contributed by atoms with Gasteiger partial charge in [0.25, 0.3) is 0 Å². The van der Waals surface area contributed by atoms with Crippen LogP contribution in [0.4, 0.5) is 17.5 Å². The Labute approximate surface area is 251 Å². The van der Waals surface area contributed by atoms with Crippen molar-refractivity contribution in [1.82, 2.24) is 24.6 Å². The quantitative estimate of drug-likeness (QED) is 0.415. The molecule has 3 fully saturated rings. The largest absolute Gasteiger partial charge is 0.379 e. The number of anilines is 3.